The molecule has 25 heavy (non-hydrogen) atoms. The first kappa shape index (κ1) is 17.1. The summed E-state index contributed by atoms with van der Waals surface area (Å²) in [6.07, 6.45) is 10.1. The van der Waals surface area contributed by atoms with Gasteiger partial charge in [-0.2, -0.15) is 0 Å². The van der Waals surface area contributed by atoms with Crippen molar-refractivity contribution in [3.05, 3.63) is 11.6 Å². The molecule has 0 aromatic rings. The van der Waals surface area contributed by atoms with Gasteiger partial charge in [0.15, 0.2) is 0 Å². The number of hydrogen-bond acceptors (Lipinski definition) is 2. The highest BCUT2D eigenvalue weighted by Gasteiger charge is 2.58. The molecular weight excluding hydrogens is 312 g/mol. The molecule has 0 saturated heterocycles. The fourth-order valence-corrected chi connectivity index (χ4v) is 7.05. The molecule has 6 atom stereocenters. The average molecular weight is 344 g/mol. The number of nitrogens with one attached hydrogen (secondary N) is 2. The van der Waals surface area contributed by atoms with Crippen LogP contribution in [0.2, 0.25) is 0 Å². The molecule has 1 heterocycles. The first-order valence-corrected chi connectivity index (χ1v) is 10.1. The highest BCUT2D eigenvalue weighted by molar-refractivity contribution is 5.88. The monoisotopic (exact) mass is 344 g/mol. The van der Waals surface area contributed by atoms with Gasteiger partial charge in [0.2, 0.25) is 11.8 Å². The third-order valence-corrected chi connectivity index (χ3v) is 8.36. The minimum absolute atomic E-state index is 0.101. The molecular formula is C21H32N2O2. The molecule has 6 unspecified atom stereocenters. The summed E-state index contributed by atoms with van der Waals surface area (Å²) in [7, 11) is 0. The Bertz CT molecular complexity index is 627. The summed E-state index contributed by atoms with van der Waals surface area (Å²) in [5, 5.41) is 6.29. The van der Waals surface area contributed by atoms with Crippen molar-refractivity contribution in [3.8, 4) is 0 Å². The van der Waals surface area contributed by atoms with Crippen LogP contribution >= 0.6 is 0 Å². The van der Waals surface area contributed by atoms with Gasteiger partial charge in [-0.05, 0) is 73.5 Å². The van der Waals surface area contributed by atoms with Crippen molar-refractivity contribution in [2.45, 2.75) is 71.8 Å². The van der Waals surface area contributed by atoms with Gasteiger partial charge < -0.3 is 10.6 Å². The predicted octanol–water partition coefficient (Wildman–Crippen LogP) is 3.18. The van der Waals surface area contributed by atoms with Crippen LogP contribution in [0, 0.1) is 28.6 Å². The molecule has 4 rings (SSSR count). The van der Waals surface area contributed by atoms with Gasteiger partial charge >= 0.3 is 0 Å². The van der Waals surface area contributed by atoms with Crippen molar-refractivity contribution in [3.63, 3.8) is 0 Å². The first-order valence-electron chi connectivity index (χ1n) is 10.1. The zero-order valence-electron chi connectivity index (χ0n) is 15.9. The van der Waals surface area contributed by atoms with Crippen LogP contribution in [0.15, 0.2) is 11.6 Å². The van der Waals surface area contributed by atoms with E-state index in [4.69, 9.17) is 0 Å². The van der Waals surface area contributed by atoms with Crippen molar-refractivity contribution in [2.24, 2.45) is 28.6 Å². The van der Waals surface area contributed by atoms with E-state index >= 15 is 0 Å². The molecule has 0 radical (unpaired) electrons. The topological polar surface area (TPSA) is 58.2 Å². The molecule has 3 aliphatic carbocycles. The number of allylic oxidation sites excluding steroid dienone is 1. The van der Waals surface area contributed by atoms with E-state index in [1.807, 2.05) is 6.08 Å². The maximum Gasteiger partial charge on any atom is 0.243 e. The highest BCUT2D eigenvalue weighted by atomic mass is 16.2. The van der Waals surface area contributed by atoms with Crippen molar-refractivity contribution in [1.82, 2.24) is 10.6 Å². The quantitative estimate of drug-likeness (QED) is 0.767. The van der Waals surface area contributed by atoms with E-state index in [1.165, 1.54) is 31.3 Å². The van der Waals surface area contributed by atoms with Crippen LogP contribution in [-0.2, 0) is 9.59 Å². The zero-order chi connectivity index (χ0) is 17.8. The molecule has 2 amide bonds. The standard InChI is InChI=1S/C21H32N2O2/c1-13(24)23-18-7-6-16-15-5-4-14-12-19(25)22-11-10-20(14,2)17(15)8-9-21(16,18)3/h12,15-18H,4-11H2,1-3H3,(H,22,25)(H,23,24). The van der Waals surface area contributed by atoms with Crippen molar-refractivity contribution >= 4 is 11.8 Å². The maximum absolute atomic E-state index is 12.0. The number of carbonyl (C=O) groups excluding carboxylic acids is 2. The molecule has 0 bridgehead atoms. The van der Waals surface area contributed by atoms with E-state index in [9.17, 15) is 9.59 Å². The lowest BCUT2D eigenvalue weighted by atomic mass is 9.48. The van der Waals surface area contributed by atoms with E-state index < -0.39 is 0 Å². The fraction of sp³-hybridized carbons (Fsp3) is 0.810. The van der Waals surface area contributed by atoms with E-state index in [2.05, 4.69) is 24.5 Å². The van der Waals surface area contributed by atoms with Gasteiger partial charge in [-0.3, -0.25) is 9.59 Å². The number of amides is 2. The molecule has 138 valence electrons. The number of hydrogen-bond donors (Lipinski definition) is 2. The summed E-state index contributed by atoms with van der Waals surface area (Å²) >= 11 is 0. The molecule has 4 aliphatic rings. The Morgan fingerprint density at radius 1 is 1.16 bits per heavy atom. The van der Waals surface area contributed by atoms with Gasteiger partial charge in [0.25, 0.3) is 0 Å². The van der Waals surface area contributed by atoms with Gasteiger partial charge in [0.1, 0.15) is 0 Å². The molecule has 1 aliphatic heterocycles. The zero-order valence-corrected chi connectivity index (χ0v) is 15.9. The lowest BCUT2D eigenvalue weighted by molar-refractivity contribution is -0.121. The molecule has 2 N–H and O–H groups in total. The lowest BCUT2D eigenvalue weighted by Gasteiger charge is -2.57. The molecule has 4 nitrogen and oxygen atoms in total. The highest BCUT2D eigenvalue weighted by Crippen LogP contribution is 2.64. The Balaban J connectivity index is 1.63. The van der Waals surface area contributed by atoms with Gasteiger partial charge in [0.05, 0.1) is 0 Å². The summed E-state index contributed by atoms with van der Waals surface area (Å²) in [4.78, 5) is 23.6. The fourth-order valence-electron chi connectivity index (χ4n) is 7.05. The van der Waals surface area contributed by atoms with Gasteiger partial charge in [0, 0.05) is 25.6 Å². The van der Waals surface area contributed by atoms with E-state index in [0.717, 1.165) is 31.7 Å². The van der Waals surface area contributed by atoms with Crippen LogP contribution in [0.4, 0.5) is 0 Å². The molecule has 0 spiro atoms. The summed E-state index contributed by atoms with van der Waals surface area (Å²) in [5.41, 5.74) is 1.82. The van der Waals surface area contributed by atoms with E-state index in [-0.39, 0.29) is 22.6 Å². The third-order valence-electron chi connectivity index (χ3n) is 8.36. The smallest absolute Gasteiger partial charge is 0.243 e. The Hall–Kier alpha value is -1.32. The van der Waals surface area contributed by atoms with Gasteiger partial charge in [-0.15, -0.1) is 0 Å². The van der Waals surface area contributed by atoms with Crippen LogP contribution in [0.1, 0.15) is 65.7 Å². The molecule has 4 heteroatoms. The van der Waals surface area contributed by atoms with Crippen LogP contribution < -0.4 is 10.6 Å². The summed E-state index contributed by atoms with van der Waals surface area (Å²) in [6.45, 7) is 7.29. The largest absolute Gasteiger partial charge is 0.353 e. The normalized spacial score (nSPS) is 46.0. The third kappa shape index (κ3) is 2.55. The van der Waals surface area contributed by atoms with Crippen molar-refractivity contribution in [1.29, 1.82) is 0 Å². The van der Waals surface area contributed by atoms with Gasteiger partial charge in [-0.1, -0.05) is 19.4 Å². The minimum atomic E-state index is 0.101. The first-order chi connectivity index (χ1) is 11.8. The Kier molecular flexibility index (Phi) is 4.01. The second kappa shape index (κ2) is 5.85. The maximum atomic E-state index is 12.0. The predicted molar refractivity (Wildman–Crippen MR) is 97.7 cm³/mol. The van der Waals surface area contributed by atoms with E-state index in [1.54, 1.807) is 6.92 Å². The molecule has 0 aromatic carbocycles. The van der Waals surface area contributed by atoms with Crippen molar-refractivity contribution in [2.75, 3.05) is 6.54 Å². The van der Waals surface area contributed by atoms with Crippen LogP contribution in [0.5, 0.6) is 0 Å². The average Bonchev–Trinajstić information content (AvgIpc) is 2.77. The van der Waals surface area contributed by atoms with Gasteiger partial charge in [-0.25, -0.2) is 0 Å². The summed E-state index contributed by atoms with van der Waals surface area (Å²) < 4.78 is 0. The minimum Gasteiger partial charge on any atom is -0.353 e. The molecule has 3 fully saturated rings. The Morgan fingerprint density at radius 2 is 1.96 bits per heavy atom. The lowest BCUT2D eigenvalue weighted by Crippen LogP contribution is -2.53. The van der Waals surface area contributed by atoms with Crippen LogP contribution in [-0.4, -0.2) is 24.4 Å². The Morgan fingerprint density at radius 3 is 2.72 bits per heavy atom. The molecule has 3 saturated carbocycles. The summed E-state index contributed by atoms with van der Waals surface area (Å²) in [6, 6.07) is 0.345. The number of rotatable bonds is 1. The SMILES string of the molecule is CC(=O)NC1CCC2C3CCC4=CC(=O)NCCC4(C)C3CCC12C. The van der Waals surface area contributed by atoms with Crippen molar-refractivity contribution < 1.29 is 9.59 Å². The van der Waals surface area contributed by atoms with E-state index in [0.29, 0.717) is 17.9 Å². The summed E-state index contributed by atoms with van der Waals surface area (Å²) in [5.74, 6) is 2.36. The number of fused-ring (bicyclic) bond motifs is 5. The van der Waals surface area contributed by atoms with Crippen LogP contribution in [0.25, 0.3) is 0 Å². The van der Waals surface area contributed by atoms with Crippen LogP contribution in [0.3, 0.4) is 0 Å². The Labute approximate surface area is 151 Å². The second-order valence-corrected chi connectivity index (χ2v) is 9.42. The number of carbonyl (C=O) groups is 2. The second-order valence-electron chi connectivity index (χ2n) is 9.42. The molecule has 0 aromatic heterocycles.